The Kier molecular flexibility index (Phi) is 4.30. The van der Waals surface area contributed by atoms with Gasteiger partial charge in [0.05, 0.1) is 27.8 Å². The second kappa shape index (κ2) is 6.38. The maximum absolute atomic E-state index is 12.2. The monoisotopic (exact) mass is 409 g/mol. The average Bonchev–Trinajstić information content (AvgIpc) is 2.61. The van der Waals surface area contributed by atoms with Gasteiger partial charge in [-0.25, -0.2) is 4.79 Å². The zero-order valence-electron chi connectivity index (χ0n) is 14.0. The molecule has 0 spiro atoms. The first kappa shape index (κ1) is 17.5. The summed E-state index contributed by atoms with van der Waals surface area (Å²) < 4.78 is 11.5. The normalized spacial score (nSPS) is 13.7. The fourth-order valence-corrected chi connectivity index (χ4v) is 3.96. The van der Waals surface area contributed by atoms with Crippen LogP contribution in [0.25, 0.3) is 11.0 Å². The van der Waals surface area contributed by atoms with Crippen LogP contribution in [0.4, 0.5) is 5.69 Å². The first-order chi connectivity index (χ1) is 12.4. The van der Waals surface area contributed by atoms with Crippen LogP contribution in [0.5, 0.6) is 5.75 Å². The van der Waals surface area contributed by atoms with Gasteiger partial charge in [-0.15, -0.1) is 0 Å². The summed E-state index contributed by atoms with van der Waals surface area (Å²) >= 11 is 18.7. The Labute approximate surface area is 164 Å². The van der Waals surface area contributed by atoms with Crippen LogP contribution >= 0.6 is 34.8 Å². The standard InChI is InChI=1S/C19H14Cl3NO3/c1-9-10(2)19(24)26-17-12(9)6-15(22)18-13(17)7-23(8-25-18)16-4-3-11(20)5-14(16)21/h3-6H,7-8H2,1-2H3. The molecule has 4 nitrogen and oxygen atoms in total. The van der Waals surface area contributed by atoms with Gasteiger partial charge in [0.15, 0.2) is 6.73 Å². The van der Waals surface area contributed by atoms with Crippen molar-refractivity contribution in [3.63, 3.8) is 0 Å². The molecule has 7 heteroatoms. The summed E-state index contributed by atoms with van der Waals surface area (Å²) in [5.41, 5.74) is 3.06. The maximum Gasteiger partial charge on any atom is 0.339 e. The van der Waals surface area contributed by atoms with Crippen LogP contribution in [0.3, 0.4) is 0 Å². The van der Waals surface area contributed by atoms with E-state index in [-0.39, 0.29) is 12.4 Å². The molecule has 0 saturated carbocycles. The summed E-state index contributed by atoms with van der Waals surface area (Å²) in [6.07, 6.45) is 0. The van der Waals surface area contributed by atoms with E-state index in [0.717, 1.165) is 22.2 Å². The van der Waals surface area contributed by atoms with E-state index in [1.807, 2.05) is 17.9 Å². The molecule has 0 N–H and O–H groups in total. The second-order valence-corrected chi connectivity index (χ2v) is 7.50. The van der Waals surface area contributed by atoms with Gasteiger partial charge in [-0.05, 0) is 43.7 Å². The fraction of sp³-hybridized carbons (Fsp3) is 0.211. The summed E-state index contributed by atoms with van der Waals surface area (Å²) in [6, 6.07) is 7.06. The van der Waals surface area contributed by atoms with Crippen molar-refractivity contribution < 1.29 is 9.15 Å². The van der Waals surface area contributed by atoms with Crippen LogP contribution < -0.4 is 15.3 Å². The van der Waals surface area contributed by atoms with Crippen molar-refractivity contribution >= 4 is 51.5 Å². The SMILES string of the molecule is Cc1c(C)c2cc(Cl)c3c(c2oc1=O)CN(c1ccc(Cl)cc1Cl)CO3. The van der Waals surface area contributed by atoms with Gasteiger partial charge in [0, 0.05) is 16.0 Å². The van der Waals surface area contributed by atoms with Crippen LogP contribution in [0, 0.1) is 13.8 Å². The van der Waals surface area contributed by atoms with Crippen molar-refractivity contribution in [1.82, 2.24) is 0 Å². The van der Waals surface area contributed by atoms with Crippen molar-refractivity contribution in [1.29, 1.82) is 0 Å². The predicted octanol–water partition coefficient (Wildman–Crippen LogP) is 5.73. The van der Waals surface area contributed by atoms with E-state index < -0.39 is 0 Å². The quantitative estimate of drug-likeness (QED) is 0.481. The van der Waals surface area contributed by atoms with Gasteiger partial charge in [0.25, 0.3) is 0 Å². The highest BCUT2D eigenvalue weighted by atomic mass is 35.5. The van der Waals surface area contributed by atoms with E-state index in [1.165, 1.54) is 0 Å². The molecule has 0 bridgehead atoms. The van der Waals surface area contributed by atoms with Gasteiger partial charge in [-0.3, -0.25) is 0 Å². The Hall–Kier alpha value is -1.88. The van der Waals surface area contributed by atoms with Crippen LogP contribution in [-0.4, -0.2) is 6.73 Å². The molecule has 1 aliphatic rings. The van der Waals surface area contributed by atoms with Gasteiger partial charge in [0.1, 0.15) is 11.3 Å². The lowest BCUT2D eigenvalue weighted by Gasteiger charge is -2.32. The second-order valence-electron chi connectivity index (χ2n) is 6.25. The molecule has 0 amide bonds. The third-order valence-electron chi connectivity index (χ3n) is 4.71. The molecule has 0 atom stereocenters. The molecular weight excluding hydrogens is 397 g/mol. The molecule has 0 radical (unpaired) electrons. The molecule has 3 aromatic rings. The van der Waals surface area contributed by atoms with Gasteiger partial charge in [0.2, 0.25) is 0 Å². The molecule has 26 heavy (non-hydrogen) atoms. The average molecular weight is 411 g/mol. The smallest absolute Gasteiger partial charge is 0.339 e. The lowest BCUT2D eigenvalue weighted by atomic mass is 10.0. The van der Waals surface area contributed by atoms with Gasteiger partial charge < -0.3 is 14.1 Å². The third kappa shape index (κ3) is 2.73. The van der Waals surface area contributed by atoms with Crippen molar-refractivity contribution in [3.8, 4) is 5.75 Å². The van der Waals surface area contributed by atoms with Crippen molar-refractivity contribution in [2.24, 2.45) is 0 Å². The summed E-state index contributed by atoms with van der Waals surface area (Å²) in [5, 5.41) is 2.37. The number of halogens is 3. The number of anilines is 1. The van der Waals surface area contributed by atoms with E-state index in [4.69, 9.17) is 44.0 Å². The highest BCUT2D eigenvalue weighted by Gasteiger charge is 2.26. The van der Waals surface area contributed by atoms with Crippen molar-refractivity contribution in [3.05, 3.63) is 66.4 Å². The minimum atomic E-state index is -0.360. The highest BCUT2D eigenvalue weighted by Crippen LogP contribution is 2.41. The minimum Gasteiger partial charge on any atom is -0.471 e. The molecule has 0 fully saturated rings. The molecule has 2 heterocycles. The largest absolute Gasteiger partial charge is 0.471 e. The van der Waals surface area contributed by atoms with Crippen LogP contribution in [0.1, 0.15) is 16.7 Å². The number of nitrogens with zero attached hydrogens (tertiary/aromatic N) is 1. The maximum atomic E-state index is 12.2. The van der Waals surface area contributed by atoms with Crippen molar-refractivity contribution in [2.45, 2.75) is 20.4 Å². The summed E-state index contributed by atoms with van der Waals surface area (Å²) in [6.45, 7) is 4.34. The van der Waals surface area contributed by atoms with Gasteiger partial charge in [-0.2, -0.15) is 0 Å². The third-order valence-corrected chi connectivity index (χ3v) is 5.53. The minimum absolute atomic E-state index is 0.272. The first-order valence-corrected chi connectivity index (χ1v) is 9.08. The highest BCUT2D eigenvalue weighted by molar-refractivity contribution is 6.36. The topological polar surface area (TPSA) is 42.7 Å². The molecule has 1 aromatic heterocycles. The summed E-state index contributed by atoms with van der Waals surface area (Å²) in [7, 11) is 0. The Morgan fingerprint density at radius 2 is 1.81 bits per heavy atom. The van der Waals surface area contributed by atoms with E-state index >= 15 is 0 Å². The lowest BCUT2D eigenvalue weighted by Crippen LogP contribution is -2.32. The Bertz CT molecular complexity index is 1110. The first-order valence-electron chi connectivity index (χ1n) is 7.95. The lowest BCUT2D eigenvalue weighted by molar-refractivity contribution is 0.289. The molecule has 0 aliphatic carbocycles. The predicted molar refractivity (Wildman–Crippen MR) is 105 cm³/mol. The number of hydrogen-bond donors (Lipinski definition) is 0. The van der Waals surface area contributed by atoms with E-state index in [2.05, 4.69) is 0 Å². The van der Waals surface area contributed by atoms with Crippen LogP contribution in [0.2, 0.25) is 15.1 Å². The molecule has 2 aromatic carbocycles. The molecular formula is C19H14Cl3NO3. The zero-order chi connectivity index (χ0) is 18.6. The van der Waals surface area contributed by atoms with Gasteiger partial charge in [-0.1, -0.05) is 34.8 Å². The summed E-state index contributed by atoms with van der Waals surface area (Å²) in [5.74, 6) is 0.534. The number of aryl methyl sites for hydroxylation is 1. The molecule has 0 unspecified atom stereocenters. The van der Waals surface area contributed by atoms with Gasteiger partial charge >= 0.3 is 5.63 Å². The number of hydrogen-bond acceptors (Lipinski definition) is 4. The summed E-state index contributed by atoms with van der Waals surface area (Å²) in [4.78, 5) is 14.1. The molecule has 134 valence electrons. The Balaban J connectivity index is 1.90. The molecule has 0 saturated heterocycles. The number of benzene rings is 2. The molecule has 1 aliphatic heterocycles. The van der Waals surface area contributed by atoms with E-state index in [9.17, 15) is 4.79 Å². The van der Waals surface area contributed by atoms with E-state index in [1.54, 1.807) is 25.1 Å². The van der Waals surface area contributed by atoms with Crippen molar-refractivity contribution in [2.75, 3.05) is 11.6 Å². The van der Waals surface area contributed by atoms with Crippen LogP contribution in [0.15, 0.2) is 33.5 Å². The Morgan fingerprint density at radius 3 is 2.54 bits per heavy atom. The fourth-order valence-electron chi connectivity index (χ4n) is 3.16. The Morgan fingerprint density at radius 1 is 1.04 bits per heavy atom. The molecule has 4 rings (SSSR count). The van der Waals surface area contributed by atoms with E-state index in [0.29, 0.717) is 38.5 Å². The zero-order valence-corrected chi connectivity index (χ0v) is 16.3. The number of fused-ring (bicyclic) bond motifs is 3. The van der Waals surface area contributed by atoms with Crippen LogP contribution in [-0.2, 0) is 6.54 Å². The number of ether oxygens (including phenoxy) is 1. The number of rotatable bonds is 1.